The highest BCUT2D eigenvalue weighted by Gasteiger charge is 2.15. The molecule has 0 spiro atoms. The van der Waals surface area contributed by atoms with Gasteiger partial charge in [0.1, 0.15) is 11.5 Å². The van der Waals surface area contributed by atoms with Gasteiger partial charge in [-0.25, -0.2) is 0 Å². The second-order valence-electron chi connectivity index (χ2n) is 6.33. The molecular weight excluding hydrogens is 420 g/mol. The normalized spacial score (nSPS) is 11.2. The highest BCUT2D eigenvalue weighted by atomic mass is 35.5. The van der Waals surface area contributed by atoms with E-state index in [2.05, 4.69) is 10.6 Å². The lowest BCUT2D eigenvalue weighted by atomic mass is 10.2. The van der Waals surface area contributed by atoms with Gasteiger partial charge >= 0.3 is 0 Å². The third-order valence-corrected chi connectivity index (χ3v) is 5.35. The number of hydrogen-bond donors (Lipinski definition) is 2. The van der Waals surface area contributed by atoms with E-state index >= 15 is 0 Å². The van der Waals surface area contributed by atoms with Crippen molar-refractivity contribution in [3.05, 3.63) is 101 Å². The monoisotopic (exact) mass is 440 g/mol. The molecule has 2 N–H and O–H groups in total. The zero-order valence-electron chi connectivity index (χ0n) is 16.1. The van der Waals surface area contributed by atoms with Crippen molar-refractivity contribution in [3.8, 4) is 0 Å². The number of thioether (sulfide) groups is 1. The van der Waals surface area contributed by atoms with Crippen LogP contribution in [0.3, 0.4) is 0 Å². The maximum Gasteiger partial charge on any atom is 0.267 e. The average molecular weight is 441 g/mol. The molecule has 7 heteroatoms. The Balaban J connectivity index is 1.54. The summed E-state index contributed by atoms with van der Waals surface area (Å²) in [6.07, 6.45) is 3.02. The molecule has 2 amide bonds. The number of carbonyl (C=O) groups is 2. The molecule has 1 aromatic heterocycles. The van der Waals surface area contributed by atoms with Crippen LogP contribution >= 0.6 is 23.4 Å². The molecule has 0 unspecified atom stereocenters. The predicted molar refractivity (Wildman–Crippen MR) is 121 cm³/mol. The summed E-state index contributed by atoms with van der Waals surface area (Å²) in [5, 5.41) is 6.23. The summed E-state index contributed by atoms with van der Waals surface area (Å²) in [6, 6.07) is 19.8. The Kier molecular flexibility index (Phi) is 8.18. The van der Waals surface area contributed by atoms with Gasteiger partial charge in [-0.1, -0.05) is 41.9 Å². The van der Waals surface area contributed by atoms with Crippen LogP contribution in [0.4, 0.5) is 0 Å². The number of amides is 2. The largest absolute Gasteiger partial charge is 0.465 e. The number of benzene rings is 2. The van der Waals surface area contributed by atoms with Gasteiger partial charge < -0.3 is 15.1 Å². The first-order valence-corrected chi connectivity index (χ1v) is 10.9. The van der Waals surface area contributed by atoms with Gasteiger partial charge in [0.25, 0.3) is 11.8 Å². The van der Waals surface area contributed by atoms with Crippen molar-refractivity contribution in [2.24, 2.45) is 0 Å². The SMILES string of the molecule is O=C(NCCSCc1ccc(Cl)cc1)/C(=C/c1ccco1)NC(=O)c1ccccc1. The molecule has 0 aliphatic rings. The molecule has 30 heavy (non-hydrogen) atoms. The molecular formula is C23H21ClN2O3S. The van der Waals surface area contributed by atoms with Crippen LogP contribution in [0.25, 0.3) is 6.08 Å². The van der Waals surface area contributed by atoms with Gasteiger partial charge in [-0.15, -0.1) is 0 Å². The number of carbonyl (C=O) groups excluding carboxylic acids is 2. The zero-order valence-corrected chi connectivity index (χ0v) is 17.7. The molecule has 0 saturated carbocycles. The van der Waals surface area contributed by atoms with Gasteiger partial charge in [-0.2, -0.15) is 11.8 Å². The van der Waals surface area contributed by atoms with Crippen LogP contribution in [-0.2, 0) is 10.5 Å². The number of nitrogens with one attached hydrogen (secondary N) is 2. The highest BCUT2D eigenvalue weighted by molar-refractivity contribution is 7.98. The summed E-state index contributed by atoms with van der Waals surface area (Å²) in [7, 11) is 0. The van der Waals surface area contributed by atoms with E-state index in [0.717, 1.165) is 11.5 Å². The van der Waals surface area contributed by atoms with Crippen LogP contribution in [0.5, 0.6) is 0 Å². The van der Waals surface area contributed by atoms with E-state index in [4.69, 9.17) is 16.0 Å². The molecule has 0 atom stereocenters. The zero-order chi connectivity index (χ0) is 21.2. The van der Waals surface area contributed by atoms with E-state index in [9.17, 15) is 9.59 Å². The first-order chi connectivity index (χ1) is 14.6. The summed E-state index contributed by atoms with van der Waals surface area (Å²) in [6.45, 7) is 0.466. The Morgan fingerprint density at radius 3 is 2.47 bits per heavy atom. The first kappa shape index (κ1) is 21.7. The number of halogens is 1. The minimum atomic E-state index is -0.372. The second kappa shape index (κ2) is 11.3. The Hall–Kier alpha value is -2.96. The van der Waals surface area contributed by atoms with Gasteiger partial charge in [-0.3, -0.25) is 9.59 Å². The fourth-order valence-electron chi connectivity index (χ4n) is 2.56. The molecule has 0 radical (unpaired) electrons. The third-order valence-electron chi connectivity index (χ3n) is 4.07. The highest BCUT2D eigenvalue weighted by Crippen LogP contribution is 2.15. The van der Waals surface area contributed by atoms with Crippen LogP contribution in [0, 0.1) is 0 Å². The molecule has 3 aromatic rings. The standard InChI is InChI=1S/C23H21ClN2O3S/c24-19-10-8-17(9-11-19)16-30-14-12-25-23(28)21(15-20-7-4-13-29-20)26-22(27)18-5-2-1-3-6-18/h1-11,13,15H,12,14,16H2,(H,25,28)(H,26,27)/b21-15-. The minimum Gasteiger partial charge on any atom is -0.465 e. The molecule has 0 aliphatic carbocycles. The van der Waals surface area contributed by atoms with E-state index in [1.807, 2.05) is 30.3 Å². The van der Waals surface area contributed by atoms with Crippen LogP contribution < -0.4 is 10.6 Å². The Morgan fingerprint density at radius 1 is 1.00 bits per heavy atom. The number of furan rings is 1. The number of hydrogen-bond acceptors (Lipinski definition) is 4. The molecule has 1 heterocycles. The second-order valence-corrected chi connectivity index (χ2v) is 7.87. The third kappa shape index (κ3) is 6.83. The summed E-state index contributed by atoms with van der Waals surface area (Å²) >= 11 is 7.59. The maximum absolute atomic E-state index is 12.6. The molecule has 0 bridgehead atoms. The van der Waals surface area contributed by atoms with E-state index in [0.29, 0.717) is 22.9 Å². The van der Waals surface area contributed by atoms with Gasteiger partial charge in [0, 0.05) is 34.7 Å². The van der Waals surface area contributed by atoms with Crippen molar-refractivity contribution in [1.29, 1.82) is 0 Å². The Morgan fingerprint density at radius 2 is 1.77 bits per heavy atom. The van der Waals surface area contributed by atoms with Gasteiger partial charge in [0.05, 0.1) is 6.26 Å². The summed E-state index contributed by atoms with van der Waals surface area (Å²) in [5.41, 5.74) is 1.76. The molecule has 3 rings (SSSR count). The maximum atomic E-state index is 12.6. The van der Waals surface area contributed by atoms with E-state index < -0.39 is 0 Å². The molecule has 5 nitrogen and oxygen atoms in total. The van der Waals surface area contributed by atoms with Crippen molar-refractivity contribution >= 4 is 41.3 Å². The summed E-state index contributed by atoms with van der Waals surface area (Å²) in [5.74, 6) is 1.30. The van der Waals surface area contributed by atoms with E-state index in [1.165, 1.54) is 17.9 Å². The van der Waals surface area contributed by atoms with Crippen LogP contribution in [0.2, 0.25) is 5.02 Å². The van der Waals surface area contributed by atoms with Crippen molar-refractivity contribution in [2.75, 3.05) is 12.3 Å². The Labute approximate surface area is 184 Å². The molecule has 0 saturated heterocycles. The fraction of sp³-hybridized carbons (Fsp3) is 0.130. The van der Waals surface area contributed by atoms with Crippen LogP contribution in [-0.4, -0.2) is 24.1 Å². The van der Waals surface area contributed by atoms with Gasteiger partial charge in [0.15, 0.2) is 0 Å². The topological polar surface area (TPSA) is 71.3 Å². The van der Waals surface area contributed by atoms with E-state index in [-0.39, 0.29) is 17.5 Å². The lowest BCUT2D eigenvalue weighted by Gasteiger charge is -2.11. The number of rotatable bonds is 9. The first-order valence-electron chi connectivity index (χ1n) is 9.34. The summed E-state index contributed by atoms with van der Waals surface area (Å²) in [4.78, 5) is 25.1. The molecule has 0 fully saturated rings. The molecule has 0 aliphatic heterocycles. The van der Waals surface area contributed by atoms with Crippen molar-refractivity contribution in [1.82, 2.24) is 10.6 Å². The average Bonchev–Trinajstić information content (AvgIpc) is 3.28. The van der Waals surface area contributed by atoms with E-state index in [1.54, 1.807) is 48.2 Å². The Bertz CT molecular complexity index is 987. The van der Waals surface area contributed by atoms with Crippen molar-refractivity contribution < 1.29 is 14.0 Å². The predicted octanol–water partition coefficient (Wildman–Crippen LogP) is 4.75. The fourth-order valence-corrected chi connectivity index (χ4v) is 3.51. The van der Waals surface area contributed by atoms with Crippen molar-refractivity contribution in [2.45, 2.75) is 5.75 Å². The molecule has 154 valence electrons. The van der Waals surface area contributed by atoms with Crippen LogP contribution in [0.1, 0.15) is 21.7 Å². The lowest BCUT2D eigenvalue weighted by Crippen LogP contribution is -2.35. The van der Waals surface area contributed by atoms with Gasteiger partial charge in [0.2, 0.25) is 0 Å². The van der Waals surface area contributed by atoms with Crippen molar-refractivity contribution in [3.63, 3.8) is 0 Å². The van der Waals surface area contributed by atoms with Gasteiger partial charge in [-0.05, 0) is 42.0 Å². The lowest BCUT2D eigenvalue weighted by molar-refractivity contribution is -0.117. The molecule has 2 aromatic carbocycles. The minimum absolute atomic E-state index is 0.126. The quantitative estimate of drug-likeness (QED) is 0.372. The smallest absolute Gasteiger partial charge is 0.267 e. The van der Waals surface area contributed by atoms with Crippen LogP contribution in [0.15, 0.2) is 83.1 Å². The summed E-state index contributed by atoms with van der Waals surface area (Å²) < 4.78 is 5.28.